The maximum Gasteiger partial charge on any atom is 0.0935 e. The molecule has 0 saturated heterocycles. The van der Waals surface area contributed by atoms with Gasteiger partial charge in [-0.2, -0.15) is 0 Å². The molecule has 1 rings (SSSR count). The summed E-state index contributed by atoms with van der Waals surface area (Å²) in [5.74, 6) is 0. The van der Waals surface area contributed by atoms with Crippen LogP contribution in [0.2, 0.25) is 0 Å². The van der Waals surface area contributed by atoms with E-state index >= 15 is 0 Å². The second-order valence-electron chi connectivity index (χ2n) is 4.93. The van der Waals surface area contributed by atoms with Crippen LogP contribution in [0.5, 0.6) is 0 Å². The third kappa shape index (κ3) is 3.36. The summed E-state index contributed by atoms with van der Waals surface area (Å²) >= 11 is 0. The molecule has 2 atom stereocenters. The molecule has 0 spiro atoms. The van der Waals surface area contributed by atoms with Gasteiger partial charge in [0.15, 0.2) is 0 Å². The lowest BCUT2D eigenvalue weighted by molar-refractivity contribution is -0.0699. The van der Waals surface area contributed by atoms with Crippen LogP contribution < -0.4 is 0 Å². The summed E-state index contributed by atoms with van der Waals surface area (Å²) in [6.07, 6.45) is 3.14. The van der Waals surface area contributed by atoms with E-state index < -0.39 is 6.10 Å². The molecule has 0 fully saturated rings. The number of furan rings is 1. The van der Waals surface area contributed by atoms with Gasteiger partial charge in [-0.1, -0.05) is 20.8 Å². The highest BCUT2D eigenvalue weighted by molar-refractivity contribution is 5.07. The van der Waals surface area contributed by atoms with Crippen molar-refractivity contribution < 1.29 is 14.3 Å². The van der Waals surface area contributed by atoms with Gasteiger partial charge in [-0.05, 0) is 17.0 Å². The maximum absolute atomic E-state index is 10.0. The van der Waals surface area contributed by atoms with Crippen molar-refractivity contribution in [3.05, 3.63) is 24.2 Å². The molecule has 86 valence electrons. The lowest BCUT2D eigenvalue weighted by Gasteiger charge is -2.33. The highest BCUT2D eigenvalue weighted by Gasteiger charge is 2.31. The quantitative estimate of drug-likeness (QED) is 0.832. The molecule has 3 nitrogen and oxygen atoms in total. The van der Waals surface area contributed by atoms with Gasteiger partial charge in [0.2, 0.25) is 0 Å². The van der Waals surface area contributed by atoms with Crippen LogP contribution in [0.15, 0.2) is 23.0 Å². The molecule has 0 aliphatic rings. The first-order valence-corrected chi connectivity index (χ1v) is 5.17. The molecule has 0 aliphatic carbocycles. The second-order valence-corrected chi connectivity index (χ2v) is 4.93. The molecule has 1 aromatic rings. The van der Waals surface area contributed by atoms with E-state index in [1.165, 1.54) is 0 Å². The van der Waals surface area contributed by atoms with E-state index in [0.717, 1.165) is 5.56 Å². The van der Waals surface area contributed by atoms with Crippen molar-refractivity contribution in [3.63, 3.8) is 0 Å². The molecule has 1 heterocycles. The maximum atomic E-state index is 10.0. The van der Waals surface area contributed by atoms with E-state index in [4.69, 9.17) is 9.15 Å². The average molecular weight is 212 g/mol. The number of aliphatic hydroxyl groups is 1. The van der Waals surface area contributed by atoms with Gasteiger partial charge in [0.1, 0.15) is 0 Å². The van der Waals surface area contributed by atoms with E-state index in [1.54, 1.807) is 19.6 Å². The van der Waals surface area contributed by atoms with Crippen molar-refractivity contribution in [2.45, 2.75) is 39.4 Å². The summed E-state index contributed by atoms with van der Waals surface area (Å²) in [6.45, 7) is 6.17. The Labute approximate surface area is 91.1 Å². The van der Waals surface area contributed by atoms with Crippen molar-refractivity contribution in [3.8, 4) is 0 Å². The summed E-state index contributed by atoms with van der Waals surface area (Å²) in [5, 5.41) is 10.0. The zero-order valence-corrected chi connectivity index (χ0v) is 9.86. The van der Waals surface area contributed by atoms with Crippen LogP contribution in [0, 0.1) is 5.41 Å². The zero-order valence-electron chi connectivity index (χ0n) is 9.86. The molecule has 15 heavy (non-hydrogen) atoms. The Bertz CT molecular complexity index is 272. The molecule has 3 heteroatoms. The monoisotopic (exact) mass is 212 g/mol. The Morgan fingerprint density at radius 2 is 2.13 bits per heavy atom. The van der Waals surface area contributed by atoms with Gasteiger partial charge in [0, 0.05) is 13.5 Å². The van der Waals surface area contributed by atoms with Crippen molar-refractivity contribution in [2.75, 3.05) is 7.11 Å². The van der Waals surface area contributed by atoms with Crippen LogP contribution in [-0.4, -0.2) is 24.4 Å². The lowest BCUT2D eigenvalue weighted by atomic mass is 9.84. The third-order valence-electron chi connectivity index (χ3n) is 2.48. The van der Waals surface area contributed by atoms with Crippen LogP contribution in [0.25, 0.3) is 0 Å². The Kier molecular flexibility index (Phi) is 3.94. The standard InChI is InChI=1S/C12H20O3/c1-12(2,3)11(14-4)10(13)7-9-5-6-15-8-9/h5-6,8,10-11,13H,7H2,1-4H3. The second kappa shape index (κ2) is 4.81. The Hall–Kier alpha value is -0.800. The number of methoxy groups -OCH3 is 1. The summed E-state index contributed by atoms with van der Waals surface area (Å²) in [4.78, 5) is 0. The summed E-state index contributed by atoms with van der Waals surface area (Å²) in [6, 6.07) is 1.86. The van der Waals surface area contributed by atoms with E-state index in [2.05, 4.69) is 20.8 Å². The fourth-order valence-electron chi connectivity index (χ4n) is 1.85. The minimum Gasteiger partial charge on any atom is -0.472 e. The van der Waals surface area contributed by atoms with Crippen molar-refractivity contribution in [1.29, 1.82) is 0 Å². The van der Waals surface area contributed by atoms with Gasteiger partial charge in [-0.3, -0.25) is 0 Å². The van der Waals surface area contributed by atoms with E-state index in [0.29, 0.717) is 6.42 Å². The Morgan fingerprint density at radius 1 is 1.47 bits per heavy atom. The number of hydrogen-bond donors (Lipinski definition) is 1. The molecular formula is C12H20O3. The minimum absolute atomic E-state index is 0.0715. The summed E-state index contributed by atoms with van der Waals surface area (Å²) in [5.41, 5.74) is 0.923. The number of rotatable bonds is 4. The molecule has 1 aromatic heterocycles. The van der Waals surface area contributed by atoms with Crippen molar-refractivity contribution in [1.82, 2.24) is 0 Å². The van der Waals surface area contributed by atoms with E-state index in [1.807, 2.05) is 6.07 Å². The first-order valence-electron chi connectivity index (χ1n) is 5.17. The fraction of sp³-hybridized carbons (Fsp3) is 0.667. The molecule has 0 saturated carbocycles. The van der Waals surface area contributed by atoms with Crippen LogP contribution in [0.1, 0.15) is 26.3 Å². The van der Waals surface area contributed by atoms with Crippen LogP contribution in [0.3, 0.4) is 0 Å². The summed E-state index contributed by atoms with van der Waals surface area (Å²) < 4.78 is 10.3. The van der Waals surface area contributed by atoms with Crippen LogP contribution >= 0.6 is 0 Å². The van der Waals surface area contributed by atoms with Gasteiger partial charge in [-0.25, -0.2) is 0 Å². The zero-order chi connectivity index (χ0) is 11.5. The van der Waals surface area contributed by atoms with Gasteiger partial charge in [0.25, 0.3) is 0 Å². The molecule has 0 radical (unpaired) electrons. The van der Waals surface area contributed by atoms with Crippen molar-refractivity contribution in [2.24, 2.45) is 5.41 Å². The number of ether oxygens (including phenoxy) is 1. The SMILES string of the molecule is COC(C(O)Cc1ccoc1)C(C)(C)C. The van der Waals surface area contributed by atoms with Gasteiger partial charge in [-0.15, -0.1) is 0 Å². The predicted molar refractivity (Wildman–Crippen MR) is 58.7 cm³/mol. The highest BCUT2D eigenvalue weighted by atomic mass is 16.5. The third-order valence-corrected chi connectivity index (χ3v) is 2.48. The Morgan fingerprint density at radius 3 is 2.53 bits per heavy atom. The minimum atomic E-state index is -0.507. The predicted octanol–water partition coefficient (Wildman–Crippen LogP) is 2.24. The molecule has 0 aliphatic heterocycles. The molecule has 0 amide bonds. The normalized spacial score (nSPS) is 16.3. The van der Waals surface area contributed by atoms with Gasteiger partial charge in [0.05, 0.1) is 24.7 Å². The topological polar surface area (TPSA) is 42.6 Å². The smallest absolute Gasteiger partial charge is 0.0935 e. The molecule has 0 aromatic carbocycles. The van der Waals surface area contributed by atoms with Gasteiger partial charge < -0.3 is 14.3 Å². The molecule has 1 N–H and O–H groups in total. The number of hydrogen-bond acceptors (Lipinski definition) is 3. The first kappa shape index (κ1) is 12.3. The first-order chi connectivity index (χ1) is 6.95. The molecule has 2 unspecified atom stereocenters. The molecule has 0 bridgehead atoms. The van der Waals surface area contributed by atoms with Crippen molar-refractivity contribution >= 4 is 0 Å². The van der Waals surface area contributed by atoms with E-state index in [-0.39, 0.29) is 11.5 Å². The summed E-state index contributed by atoms with van der Waals surface area (Å²) in [7, 11) is 1.63. The average Bonchev–Trinajstić information content (AvgIpc) is 2.54. The van der Waals surface area contributed by atoms with Crippen LogP contribution in [-0.2, 0) is 11.2 Å². The van der Waals surface area contributed by atoms with Crippen LogP contribution in [0.4, 0.5) is 0 Å². The molecular weight excluding hydrogens is 192 g/mol. The lowest BCUT2D eigenvalue weighted by Crippen LogP contribution is -2.40. The van der Waals surface area contributed by atoms with Gasteiger partial charge >= 0.3 is 0 Å². The largest absolute Gasteiger partial charge is 0.472 e. The highest BCUT2D eigenvalue weighted by Crippen LogP contribution is 2.26. The number of aliphatic hydroxyl groups excluding tert-OH is 1. The Balaban J connectivity index is 2.62. The van der Waals surface area contributed by atoms with E-state index in [9.17, 15) is 5.11 Å². The fourth-order valence-corrected chi connectivity index (χ4v) is 1.85.